The molecule has 4 aliphatic carbocycles. The van der Waals surface area contributed by atoms with Gasteiger partial charge in [0.25, 0.3) is 0 Å². The fourth-order valence-electron chi connectivity index (χ4n) is 8.10. The van der Waals surface area contributed by atoms with Gasteiger partial charge in [0, 0.05) is 19.3 Å². The monoisotopic (exact) mass is 374 g/mol. The molecule has 2 N–H and O–H groups in total. The second kappa shape index (κ2) is 6.90. The third kappa shape index (κ3) is 2.99. The number of carbonyl (C=O) groups excluding carboxylic acids is 1. The number of esters is 1. The molecule has 0 aromatic rings. The Morgan fingerprint density at radius 1 is 1.19 bits per heavy atom. The lowest BCUT2D eigenvalue weighted by molar-refractivity contribution is -0.669. The largest absolute Gasteiger partial charge is 0.462 e. The molecule has 0 aromatic carbocycles. The molecule has 3 heteroatoms. The second-order valence-corrected chi connectivity index (χ2v) is 10.7. The van der Waals surface area contributed by atoms with Crippen LogP contribution in [0.2, 0.25) is 0 Å². The van der Waals surface area contributed by atoms with Crippen LogP contribution in [0.1, 0.15) is 79.1 Å². The number of hydrogen-bond acceptors (Lipinski definition) is 2. The Morgan fingerprint density at radius 2 is 1.96 bits per heavy atom. The van der Waals surface area contributed by atoms with Crippen LogP contribution in [0.15, 0.2) is 11.6 Å². The molecule has 27 heavy (non-hydrogen) atoms. The van der Waals surface area contributed by atoms with Crippen molar-refractivity contribution in [2.45, 2.75) is 91.2 Å². The lowest BCUT2D eigenvalue weighted by atomic mass is 9.47. The van der Waals surface area contributed by atoms with Crippen LogP contribution in [-0.2, 0) is 9.53 Å². The number of fused-ring (bicyclic) bond motifs is 5. The number of nitrogens with two attached hydrogens (primary N) is 1. The molecule has 0 bridgehead atoms. The molecule has 0 unspecified atom stereocenters. The first-order valence-corrected chi connectivity index (χ1v) is 11.5. The van der Waals surface area contributed by atoms with Crippen molar-refractivity contribution >= 4 is 5.97 Å². The molecule has 0 amide bonds. The van der Waals surface area contributed by atoms with Crippen molar-refractivity contribution in [1.29, 1.82) is 0 Å². The van der Waals surface area contributed by atoms with Gasteiger partial charge in [0.2, 0.25) is 0 Å². The van der Waals surface area contributed by atoms with Gasteiger partial charge in [-0.1, -0.05) is 25.5 Å². The first kappa shape index (κ1) is 19.5. The van der Waals surface area contributed by atoms with Crippen molar-refractivity contribution in [3.05, 3.63) is 11.6 Å². The van der Waals surface area contributed by atoms with Gasteiger partial charge in [-0.25, -0.2) is 0 Å². The van der Waals surface area contributed by atoms with E-state index in [0.717, 1.165) is 42.6 Å². The van der Waals surface area contributed by atoms with Gasteiger partial charge in [-0.15, -0.1) is 0 Å². The topological polar surface area (TPSA) is 42.9 Å². The highest BCUT2D eigenvalue weighted by atomic mass is 16.5. The number of hydrogen-bond donors (Lipinski definition) is 1. The molecule has 0 spiro atoms. The fourth-order valence-corrected chi connectivity index (χ4v) is 8.10. The van der Waals surface area contributed by atoms with E-state index in [1.807, 2.05) is 0 Å². The van der Waals surface area contributed by atoms with E-state index in [0.29, 0.717) is 10.8 Å². The van der Waals surface area contributed by atoms with Crippen LogP contribution >= 0.6 is 0 Å². The van der Waals surface area contributed by atoms with Crippen LogP contribution < -0.4 is 5.32 Å². The standard InChI is InChI=1S/C24H39NO2/c1-15(25-5)20-8-9-21-19-7-6-17-14-18(27-16(2)26)10-12-23(17,3)22(19)11-13-24(20,21)4/h6,15,18-22,25H,7-14H2,1-5H3/p+1/t15-,18-,19+,20-,21-,22+,23-,24+/m0/s1. The Hall–Kier alpha value is -0.830. The van der Waals surface area contributed by atoms with E-state index in [1.165, 1.54) is 38.5 Å². The fraction of sp³-hybridized carbons (Fsp3) is 0.875. The Morgan fingerprint density at radius 3 is 2.67 bits per heavy atom. The SMILES string of the molecule is C[NH2+][C@@H](C)[C@@H]1CC[C@H]2[C@H]3CC=C4C[C@@H](OC(C)=O)CC[C@]4(C)[C@@H]3CC[C@@]21C. The van der Waals surface area contributed by atoms with E-state index >= 15 is 0 Å². The van der Waals surface area contributed by atoms with E-state index in [1.54, 1.807) is 12.5 Å². The Balaban J connectivity index is 1.56. The molecule has 3 saturated carbocycles. The number of rotatable bonds is 3. The summed E-state index contributed by atoms with van der Waals surface area (Å²) in [5, 5.41) is 2.45. The summed E-state index contributed by atoms with van der Waals surface area (Å²) in [6.45, 7) is 9.16. The molecule has 0 aromatic heterocycles. The molecular weight excluding hydrogens is 334 g/mol. The van der Waals surface area contributed by atoms with Crippen LogP contribution in [0.3, 0.4) is 0 Å². The molecule has 0 saturated heterocycles. The van der Waals surface area contributed by atoms with Crippen molar-refractivity contribution in [2.75, 3.05) is 7.05 Å². The van der Waals surface area contributed by atoms with E-state index in [2.05, 4.69) is 39.2 Å². The van der Waals surface area contributed by atoms with Crippen LogP contribution in [0.25, 0.3) is 0 Å². The highest BCUT2D eigenvalue weighted by Gasteiger charge is 2.59. The van der Waals surface area contributed by atoms with Gasteiger partial charge in [0.05, 0.1) is 13.1 Å². The Bertz CT molecular complexity index is 628. The predicted octanol–water partition coefficient (Wildman–Crippen LogP) is 4.08. The van der Waals surface area contributed by atoms with Crippen molar-refractivity contribution in [2.24, 2.45) is 34.5 Å². The summed E-state index contributed by atoms with van der Waals surface area (Å²) < 4.78 is 5.58. The van der Waals surface area contributed by atoms with Gasteiger partial charge in [-0.05, 0) is 80.5 Å². The molecule has 8 atom stereocenters. The minimum absolute atomic E-state index is 0.115. The molecule has 4 rings (SSSR count). The number of ether oxygens (including phenoxy) is 1. The highest BCUT2D eigenvalue weighted by Crippen LogP contribution is 2.66. The zero-order chi connectivity index (χ0) is 19.4. The van der Waals surface area contributed by atoms with Crippen LogP contribution in [0, 0.1) is 34.5 Å². The van der Waals surface area contributed by atoms with E-state index in [9.17, 15) is 4.79 Å². The van der Waals surface area contributed by atoms with Crippen LogP contribution in [-0.4, -0.2) is 25.2 Å². The zero-order valence-electron chi connectivity index (χ0n) is 18.1. The Labute approximate surface area is 165 Å². The Kier molecular flexibility index (Phi) is 4.98. The summed E-state index contributed by atoms with van der Waals surface area (Å²) in [6, 6.07) is 0.751. The van der Waals surface area contributed by atoms with Crippen molar-refractivity contribution in [1.82, 2.24) is 0 Å². The first-order chi connectivity index (χ1) is 12.8. The maximum atomic E-state index is 11.4. The van der Waals surface area contributed by atoms with Crippen molar-refractivity contribution < 1.29 is 14.8 Å². The summed E-state index contributed by atoms with van der Waals surface area (Å²) in [5.41, 5.74) is 2.50. The van der Waals surface area contributed by atoms with E-state index in [4.69, 9.17) is 4.74 Å². The molecule has 3 nitrogen and oxygen atoms in total. The van der Waals surface area contributed by atoms with Crippen molar-refractivity contribution in [3.63, 3.8) is 0 Å². The van der Waals surface area contributed by atoms with Gasteiger partial charge < -0.3 is 10.1 Å². The lowest BCUT2D eigenvalue weighted by Gasteiger charge is -2.58. The quantitative estimate of drug-likeness (QED) is 0.597. The maximum absolute atomic E-state index is 11.4. The summed E-state index contributed by atoms with van der Waals surface area (Å²) in [6.07, 6.45) is 12.9. The molecule has 0 heterocycles. The smallest absolute Gasteiger partial charge is 0.302 e. The zero-order valence-corrected chi connectivity index (χ0v) is 18.1. The van der Waals surface area contributed by atoms with E-state index in [-0.39, 0.29) is 12.1 Å². The second-order valence-electron chi connectivity index (χ2n) is 10.7. The minimum atomic E-state index is -0.120. The summed E-state index contributed by atoms with van der Waals surface area (Å²) in [4.78, 5) is 11.4. The van der Waals surface area contributed by atoms with E-state index < -0.39 is 0 Å². The van der Waals surface area contributed by atoms with Gasteiger partial charge in [-0.3, -0.25) is 4.79 Å². The molecule has 0 radical (unpaired) electrons. The number of allylic oxidation sites excluding steroid dienone is 1. The first-order valence-electron chi connectivity index (χ1n) is 11.5. The third-order valence-corrected chi connectivity index (χ3v) is 9.63. The maximum Gasteiger partial charge on any atom is 0.302 e. The van der Waals surface area contributed by atoms with Crippen LogP contribution in [0.4, 0.5) is 0 Å². The average molecular weight is 375 g/mol. The normalized spacial score (nSPS) is 47.3. The van der Waals surface area contributed by atoms with Gasteiger partial charge in [0.1, 0.15) is 6.10 Å². The molecule has 152 valence electrons. The predicted molar refractivity (Wildman–Crippen MR) is 108 cm³/mol. The molecule has 3 fully saturated rings. The lowest BCUT2D eigenvalue weighted by Crippen LogP contribution is -2.87. The molecular formula is C24H40NO2+. The number of quaternary nitrogens is 1. The van der Waals surface area contributed by atoms with Gasteiger partial charge in [-0.2, -0.15) is 0 Å². The molecule has 0 aliphatic heterocycles. The van der Waals surface area contributed by atoms with Gasteiger partial charge >= 0.3 is 5.97 Å². The summed E-state index contributed by atoms with van der Waals surface area (Å²) in [5.74, 6) is 3.38. The highest BCUT2D eigenvalue weighted by molar-refractivity contribution is 5.66. The van der Waals surface area contributed by atoms with Gasteiger partial charge in [0.15, 0.2) is 0 Å². The number of carbonyl (C=O) groups is 1. The van der Waals surface area contributed by atoms with Crippen molar-refractivity contribution in [3.8, 4) is 0 Å². The van der Waals surface area contributed by atoms with Crippen LogP contribution in [0.5, 0.6) is 0 Å². The summed E-state index contributed by atoms with van der Waals surface area (Å²) >= 11 is 0. The average Bonchev–Trinajstić information content (AvgIpc) is 2.98. The third-order valence-electron chi connectivity index (χ3n) is 9.63. The molecule has 4 aliphatic rings. The minimum Gasteiger partial charge on any atom is -0.462 e. The summed E-state index contributed by atoms with van der Waals surface area (Å²) in [7, 11) is 2.26.